The lowest BCUT2D eigenvalue weighted by atomic mass is 10.1. The van der Waals surface area contributed by atoms with E-state index in [0.29, 0.717) is 19.6 Å². The molecule has 144 valence electrons. The van der Waals surface area contributed by atoms with Gasteiger partial charge in [0.15, 0.2) is 15.8 Å². The zero-order valence-electron chi connectivity index (χ0n) is 15.6. The third-order valence-electron chi connectivity index (χ3n) is 4.48. The van der Waals surface area contributed by atoms with Crippen LogP contribution in [0.25, 0.3) is 0 Å². The molecule has 1 fully saturated rings. The lowest BCUT2D eigenvalue weighted by molar-refractivity contribution is 0.353. The quantitative estimate of drug-likeness (QED) is 0.399. The molecule has 1 saturated heterocycles. The Morgan fingerprint density at radius 3 is 2.60 bits per heavy atom. The zero-order valence-corrected chi connectivity index (χ0v) is 18.8. The van der Waals surface area contributed by atoms with Crippen molar-refractivity contribution in [3.63, 3.8) is 0 Å². The second-order valence-corrected chi connectivity index (χ2v) is 9.53. The van der Waals surface area contributed by atoms with Crippen molar-refractivity contribution >= 4 is 39.8 Å². The van der Waals surface area contributed by atoms with E-state index in [2.05, 4.69) is 15.5 Å². The summed E-state index contributed by atoms with van der Waals surface area (Å²) < 4.78 is 28.8. The number of aliphatic imine (C=N–C) groups is 1. The molecule has 1 aromatic rings. The third-order valence-corrected chi connectivity index (χ3v) is 7.02. The minimum absolute atomic E-state index is 0. The summed E-state index contributed by atoms with van der Waals surface area (Å²) in [5.74, 6) is 1.76. The summed E-state index contributed by atoms with van der Waals surface area (Å²) in [6, 6.07) is 0. The Kier molecular flexibility index (Phi) is 7.72. The van der Waals surface area contributed by atoms with E-state index < -0.39 is 14.6 Å². The molecule has 0 atom stereocenters. The van der Waals surface area contributed by atoms with Gasteiger partial charge in [0.25, 0.3) is 0 Å². The fourth-order valence-electron chi connectivity index (χ4n) is 2.88. The van der Waals surface area contributed by atoms with Crippen LogP contribution in [0.4, 0.5) is 0 Å². The molecule has 0 radical (unpaired) electrons. The van der Waals surface area contributed by atoms with E-state index in [1.54, 1.807) is 13.8 Å². The standard InChI is InChI=1S/C16H28N4O3S.HI/c1-6-17-15(18-8-7-14-12(2)19-23-13(14)3)20-9-10-24(21,22)16(4,5)11-20;/h6-11H2,1-5H3,(H,17,18);1H. The molecular weight excluding hydrogens is 455 g/mol. The Balaban J connectivity index is 0.00000312. The topological polar surface area (TPSA) is 87.8 Å². The zero-order chi connectivity index (χ0) is 18.0. The number of aryl methyl sites for hydroxylation is 2. The van der Waals surface area contributed by atoms with Crippen molar-refractivity contribution in [2.75, 3.05) is 31.9 Å². The first-order chi connectivity index (χ1) is 11.2. The van der Waals surface area contributed by atoms with Gasteiger partial charge in [-0.05, 0) is 41.0 Å². The van der Waals surface area contributed by atoms with E-state index >= 15 is 0 Å². The first-order valence-electron chi connectivity index (χ1n) is 8.35. The summed E-state index contributed by atoms with van der Waals surface area (Å²) in [4.78, 5) is 6.71. The number of nitrogens with one attached hydrogen (secondary N) is 1. The summed E-state index contributed by atoms with van der Waals surface area (Å²) in [5, 5.41) is 7.23. The van der Waals surface area contributed by atoms with Crippen LogP contribution < -0.4 is 5.32 Å². The first kappa shape index (κ1) is 22.2. The number of sulfone groups is 1. The maximum atomic E-state index is 12.2. The van der Waals surface area contributed by atoms with Gasteiger partial charge in [-0.15, -0.1) is 24.0 Å². The number of halogens is 1. The van der Waals surface area contributed by atoms with Crippen LogP contribution in [0.15, 0.2) is 9.52 Å². The van der Waals surface area contributed by atoms with Gasteiger partial charge in [0, 0.05) is 31.7 Å². The molecule has 0 amide bonds. The highest BCUT2D eigenvalue weighted by atomic mass is 127. The van der Waals surface area contributed by atoms with Crippen LogP contribution in [-0.2, 0) is 16.3 Å². The predicted molar refractivity (Wildman–Crippen MR) is 111 cm³/mol. The molecule has 7 nitrogen and oxygen atoms in total. The van der Waals surface area contributed by atoms with E-state index in [9.17, 15) is 8.42 Å². The maximum absolute atomic E-state index is 12.2. The number of hydrogen-bond donors (Lipinski definition) is 1. The lowest BCUT2D eigenvalue weighted by Crippen LogP contribution is -2.57. The van der Waals surface area contributed by atoms with E-state index in [1.165, 1.54) is 0 Å². The Bertz CT molecular complexity index is 693. The van der Waals surface area contributed by atoms with Gasteiger partial charge in [-0.3, -0.25) is 4.99 Å². The molecule has 1 aliphatic heterocycles. The maximum Gasteiger partial charge on any atom is 0.194 e. The van der Waals surface area contributed by atoms with E-state index in [-0.39, 0.29) is 29.7 Å². The number of hydrogen-bond acceptors (Lipinski definition) is 5. The Morgan fingerprint density at radius 2 is 2.08 bits per heavy atom. The fourth-order valence-corrected chi connectivity index (χ4v) is 4.25. The summed E-state index contributed by atoms with van der Waals surface area (Å²) in [6.45, 7) is 11.7. The summed E-state index contributed by atoms with van der Waals surface area (Å²) in [5.41, 5.74) is 1.99. The molecule has 2 rings (SSSR count). The van der Waals surface area contributed by atoms with Crippen molar-refractivity contribution in [3.05, 3.63) is 17.0 Å². The van der Waals surface area contributed by atoms with Crippen molar-refractivity contribution < 1.29 is 12.9 Å². The molecule has 0 bridgehead atoms. The van der Waals surface area contributed by atoms with E-state index in [4.69, 9.17) is 4.52 Å². The highest BCUT2D eigenvalue weighted by Crippen LogP contribution is 2.23. The van der Waals surface area contributed by atoms with Crippen LogP contribution in [0.3, 0.4) is 0 Å². The summed E-state index contributed by atoms with van der Waals surface area (Å²) in [7, 11) is -3.05. The van der Waals surface area contributed by atoms with Gasteiger partial charge in [-0.25, -0.2) is 8.42 Å². The monoisotopic (exact) mass is 484 g/mol. The number of aromatic nitrogens is 1. The van der Waals surface area contributed by atoms with Crippen LogP contribution in [-0.4, -0.2) is 61.1 Å². The molecule has 1 N–H and O–H groups in total. The van der Waals surface area contributed by atoms with Gasteiger partial charge in [-0.1, -0.05) is 5.16 Å². The molecule has 0 saturated carbocycles. The highest BCUT2D eigenvalue weighted by Gasteiger charge is 2.40. The molecule has 1 aromatic heterocycles. The van der Waals surface area contributed by atoms with Crippen LogP contribution in [0, 0.1) is 13.8 Å². The Morgan fingerprint density at radius 1 is 1.40 bits per heavy atom. The van der Waals surface area contributed by atoms with Gasteiger partial charge in [0.05, 0.1) is 16.2 Å². The molecule has 0 spiro atoms. The molecule has 0 aliphatic carbocycles. The minimum Gasteiger partial charge on any atom is -0.361 e. The van der Waals surface area contributed by atoms with Crippen molar-refractivity contribution in [2.24, 2.45) is 4.99 Å². The Hall–Kier alpha value is -0.840. The van der Waals surface area contributed by atoms with E-state index in [0.717, 1.165) is 35.9 Å². The molecule has 1 aliphatic rings. The largest absolute Gasteiger partial charge is 0.361 e. The normalized spacial score (nSPS) is 19.4. The fraction of sp³-hybridized carbons (Fsp3) is 0.750. The highest BCUT2D eigenvalue weighted by molar-refractivity contribution is 14.0. The molecule has 0 aromatic carbocycles. The van der Waals surface area contributed by atoms with Crippen LogP contribution >= 0.6 is 24.0 Å². The van der Waals surface area contributed by atoms with Crippen LogP contribution in [0.5, 0.6) is 0 Å². The number of guanidine groups is 1. The minimum atomic E-state index is -3.05. The molecule has 0 unspecified atom stereocenters. The average molecular weight is 484 g/mol. The number of nitrogens with zero attached hydrogens (tertiary/aromatic N) is 3. The summed E-state index contributed by atoms with van der Waals surface area (Å²) >= 11 is 0. The van der Waals surface area contributed by atoms with Crippen molar-refractivity contribution in [2.45, 2.75) is 45.8 Å². The second kappa shape index (κ2) is 8.70. The van der Waals surface area contributed by atoms with E-state index in [1.807, 2.05) is 25.7 Å². The first-order valence-corrected chi connectivity index (χ1v) is 10.0. The Labute approximate surface area is 167 Å². The molecule has 9 heteroatoms. The second-order valence-electron chi connectivity index (χ2n) is 6.79. The van der Waals surface area contributed by atoms with Crippen molar-refractivity contribution in [3.8, 4) is 0 Å². The van der Waals surface area contributed by atoms with Gasteiger partial charge < -0.3 is 14.7 Å². The van der Waals surface area contributed by atoms with Gasteiger partial charge in [0.1, 0.15) is 5.76 Å². The van der Waals surface area contributed by atoms with Crippen LogP contribution in [0.2, 0.25) is 0 Å². The average Bonchev–Trinajstić information content (AvgIpc) is 2.81. The third kappa shape index (κ3) is 5.08. The smallest absolute Gasteiger partial charge is 0.194 e. The predicted octanol–water partition coefficient (Wildman–Crippen LogP) is 1.93. The summed E-state index contributed by atoms with van der Waals surface area (Å²) in [6.07, 6.45) is 0.756. The molecule has 25 heavy (non-hydrogen) atoms. The number of rotatable bonds is 4. The molecule has 2 heterocycles. The van der Waals surface area contributed by atoms with Crippen LogP contribution in [0.1, 0.15) is 37.8 Å². The van der Waals surface area contributed by atoms with Gasteiger partial charge >= 0.3 is 0 Å². The molecular formula is C16H29IN4O3S. The van der Waals surface area contributed by atoms with Gasteiger partial charge in [0.2, 0.25) is 0 Å². The van der Waals surface area contributed by atoms with Gasteiger partial charge in [-0.2, -0.15) is 0 Å². The lowest BCUT2D eigenvalue weighted by Gasteiger charge is -2.39. The van der Waals surface area contributed by atoms with Crippen molar-refractivity contribution in [1.82, 2.24) is 15.4 Å². The SMILES string of the molecule is CCNC(=NCCc1c(C)noc1C)N1CCS(=O)(=O)C(C)(C)C1.I. The van der Waals surface area contributed by atoms with Crippen molar-refractivity contribution in [1.29, 1.82) is 0 Å².